The summed E-state index contributed by atoms with van der Waals surface area (Å²) in [7, 11) is -3.55. The van der Waals surface area contributed by atoms with Gasteiger partial charge in [0.25, 0.3) is 0 Å². The summed E-state index contributed by atoms with van der Waals surface area (Å²) in [5.74, 6) is -1.13. The summed E-state index contributed by atoms with van der Waals surface area (Å²) >= 11 is 0. The third-order valence-electron chi connectivity index (χ3n) is 3.06. The molecular formula is C18H32NO8P. The van der Waals surface area contributed by atoms with Crippen LogP contribution >= 0.6 is 7.60 Å². The van der Waals surface area contributed by atoms with Crippen LogP contribution in [0.5, 0.6) is 0 Å². The lowest BCUT2D eigenvalue weighted by molar-refractivity contribution is -0.145. The summed E-state index contributed by atoms with van der Waals surface area (Å²) in [5, 5.41) is 2.35. The number of hydrogen-bond donors (Lipinski definition) is 1. The van der Waals surface area contributed by atoms with Gasteiger partial charge in [-0.15, -0.1) is 0 Å². The van der Waals surface area contributed by atoms with Gasteiger partial charge >= 0.3 is 19.5 Å². The first kappa shape index (κ1) is 26.3. The molecule has 1 amide bonds. The van der Waals surface area contributed by atoms with Crippen molar-refractivity contribution in [2.45, 2.75) is 66.2 Å². The van der Waals surface area contributed by atoms with E-state index in [2.05, 4.69) is 5.32 Å². The number of nitrogens with one attached hydrogen (secondary N) is 1. The molecule has 28 heavy (non-hydrogen) atoms. The van der Waals surface area contributed by atoms with Crippen LogP contribution in [0.15, 0.2) is 11.6 Å². The third-order valence-corrected chi connectivity index (χ3v) is 5.34. The first-order valence-corrected chi connectivity index (χ1v) is 10.9. The Labute approximate surface area is 166 Å². The zero-order chi connectivity index (χ0) is 21.7. The lowest BCUT2D eigenvalue weighted by Gasteiger charge is -2.24. The Morgan fingerprint density at radius 1 is 1.07 bits per heavy atom. The SMILES string of the molecule is CCOC(=O)C(C=C(CCOC(C)=O)CP(=O)(OC(C)C)OC(C)C)NC=O. The minimum atomic E-state index is -3.55. The fraction of sp³-hybridized carbons (Fsp3) is 0.722. The van der Waals surface area contributed by atoms with Crippen LogP contribution in [0, 0.1) is 0 Å². The molecule has 0 aliphatic heterocycles. The number of ether oxygens (including phenoxy) is 2. The van der Waals surface area contributed by atoms with E-state index in [9.17, 15) is 18.9 Å². The van der Waals surface area contributed by atoms with Crippen LogP contribution in [0.2, 0.25) is 0 Å². The summed E-state index contributed by atoms with van der Waals surface area (Å²) in [6.45, 7) is 9.98. The molecule has 0 bridgehead atoms. The van der Waals surface area contributed by atoms with E-state index in [1.54, 1.807) is 34.6 Å². The maximum Gasteiger partial charge on any atom is 0.335 e. The van der Waals surface area contributed by atoms with E-state index in [0.717, 1.165) is 0 Å². The van der Waals surface area contributed by atoms with Gasteiger partial charge in [0.05, 0.1) is 31.6 Å². The van der Waals surface area contributed by atoms with Gasteiger partial charge < -0.3 is 23.8 Å². The van der Waals surface area contributed by atoms with E-state index in [-0.39, 0.29) is 38.0 Å². The van der Waals surface area contributed by atoms with Gasteiger partial charge in [0.1, 0.15) is 6.04 Å². The molecule has 0 aliphatic rings. The molecule has 0 heterocycles. The summed E-state index contributed by atoms with van der Waals surface area (Å²) in [4.78, 5) is 34.0. The highest BCUT2D eigenvalue weighted by atomic mass is 31.2. The molecule has 1 N–H and O–H groups in total. The normalized spacial score (nSPS) is 13.4. The minimum absolute atomic E-state index is 0.0150. The minimum Gasteiger partial charge on any atom is -0.466 e. The Kier molecular flexibility index (Phi) is 12.7. The molecule has 0 aliphatic carbocycles. The number of rotatable bonds is 14. The van der Waals surface area contributed by atoms with Gasteiger partial charge in [-0.3, -0.25) is 14.2 Å². The summed E-state index contributed by atoms with van der Waals surface area (Å²) in [6, 6.07) is -1.07. The van der Waals surface area contributed by atoms with Crippen molar-refractivity contribution in [2.75, 3.05) is 19.4 Å². The van der Waals surface area contributed by atoms with Crippen LogP contribution in [-0.2, 0) is 37.5 Å². The molecular weight excluding hydrogens is 389 g/mol. The highest BCUT2D eigenvalue weighted by Gasteiger charge is 2.30. The molecule has 0 saturated carbocycles. The fourth-order valence-electron chi connectivity index (χ4n) is 2.26. The Balaban J connectivity index is 5.71. The Morgan fingerprint density at radius 2 is 1.64 bits per heavy atom. The molecule has 10 heteroatoms. The van der Waals surface area contributed by atoms with E-state index < -0.39 is 25.6 Å². The largest absolute Gasteiger partial charge is 0.466 e. The van der Waals surface area contributed by atoms with E-state index in [0.29, 0.717) is 12.0 Å². The van der Waals surface area contributed by atoms with E-state index in [1.165, 1.54) is 13.0 Å². The van der Waals surface area contributed by atoms with Crippen molar-refractivity contribution < 1.29 is 37.5 Å². The van der Waals surface area contributed by atoms with Gasteiger partial charge in [-0.1, -0.05) is 11.6 Å². The van der Waals surface area contributed by atoms with Crippen molar-refractivity contribution >= 4 is 25.9 Å². The van der Waals surface area contributed by atoms with Crippen molar-refractivity contribution in [3.8, 4) is 0 Å². The van der Waals surface area contributed by atoms with E-state index in [4.69, 9.17) is 18.5 Å². The number of hydrogen-bond acceptors (Lipinski definition) is 8. The van der Waals surface area contributed by atoms with Crippen LogP contribution < -0.4 is 5.32 Å². The zero-order valence-corrected chi connectivity index (χ0v) is 18.3. The van der Waals surface area contributed by atoms with Gasteiger partial charge in [-0.25, -0.2) is 4.79 Å². The molecule has 0 aromatic rings. The predicted molar refractivity (Wildman–Crippen MR) is 104 cm³/mol. The third kappa shape index (κ3) is 11.9. The molecule has 0 aromatic carbocycles. The van der Waals surface area contributed by atoms with E-state index >= 15 is 0 Å². The fourth-order valence-corrected chi connectivity index (χ4v) is 4.50. The van der Waals surface area contributed by atoms with Crippen LogP contribution in [0.25, 0.3) is 0 Å². The average molecular weight is 421 g/mol. The molecule has 0 spiro atoms. The highest BCUT2D eigenvalue weighted by Crippen LogP contribution is 2.52. The number of esters is 2. The van der Waals surface area contributed by atoms with Crippen molar-refractivity contribution in [2.24, 2.45) is 0 Å². The monoisotopic (exact) mass is 421 g/mol. The van der Waals surface area contributed by atoms with Crippen LogP contribution in [0.4, 0.5) is 0 Å². The average Bonchev–Trinajstić information content (AvgIpc) is 2.52. The van der Waals surface area contributed by atoms with Gasteiger partial charge in [-0.2, -0.15) is 0 Å². The maximum absolute atomic E-state index is 13.2. The second kappa shape index (κ2) is 13.5. The first-order valence-electron chi connectivity index (χ1n) is 9.18. The Bertz CT molecular complexity index is 574. The van der Waals surface area contributed by atoms with Gasteiger partial charge in [0, 0.05) is 13.3 Å². The predicted octanol–water partition coefficient (Wildman–Crippen LogP) is 2.59. The number of carbonyl (C=O) groups is 3. The maximum atomic E-state index is 13.2. The van der Waals surface area contributed by atoms with Crippen LogP contribution in [0.1, 0.15) is 48.0 Å². The van der Waals surface area contributed by atoms with E-state index in [1.807, 2.05) is 0 Å². The molecule has 0 radical (unpaired) electrons. The van der Waals surface area contributed by atoms with Crippen LogP contribution in [0.3, 0.4) is 0 Å². The molecule has 162 valence electrons. The first-order chi connectivity index (χ1) is 13.0. The smallest absolute Gasteiger partial charge is 0.335 e. The number of carbonyl (C=O) groups excluding carboxylic acids is 3. The molecule has 9 nitrogen and oxygen atoms in total. The lowest BCUT2D eigenvalue weighted by atomic mass is 10.1. The molecule has 0 rings (SSSR count). The molecule has 0 aromatic heterocycles. The molecule has 1 unspecified atom stereocenters. The van der Waals surface area contributed by atoms with Gasteiger partial charge in [0.15, 0.2) is 0 Å². The molecule has 0 saturated heterocycles. The summed E-state index contributed by atoms with van der Waals surface area (Å²) in [6.07, 6.45) is 1.15. The molecule has 1 atom stereocenters. The second-order valence-corrected chi connectivity index (χ2v) is 8.47. The topological polar surface area (TPSA) is 117 Å². The number of amides is 1. The van der Waals surface area contributed by atoms with Crippen molar-refractivity contribution in [3.05, 3.63) is 11.6 Å². The second-order valence-electron chi connectivity index (χ2n) is 6.51. The zero-order valence-electron chi connectivity index (χ0n) is 17.4. The standard InChI is InChI=1S/C18H32NO8P/c1-7-24-18(22)17(19-12-20)10-16(8-9-25-15(6)21)11-28(23,26-13(2)3)27-14(4)5/h10,12-14,17H,7-9,11H2,1-6H3,(H,19,20). The molecule has 0 fully saturated rings. The van der Waals surface area contributed by atoms with Crippen molar-refractivity contribution in [1.82, 2.24) is 5.32 Å². The van der Waals surface area contributed by atoms with Crippen molar-refractivity contribution in [3.63, 3.8) is 0 Å². The Hall–Kier alpha value is -1.70. The lowest BCUT2D eigenvalue weighted by Crippen LogP contribution is -2.36. The van der Waals surface area contributed by atoms with Crippen molar-refractivity contribution in [1.29, 1.82) is 0 Å². The highest BCUT2D eigenvalue weighted by molar-refractivity contribution is 7.54. The summed E-state index contributed by atoms with van der Waals surface area (Å²) < 4.78 is 34.1. The quantitative estimate of drug-likeness (QED) is 0.197. The van der Waals surface area contributed by atoms with Gasteiger partial charge in [-0.05, 0) is 34.6 Å². The van der Waals surface area contributed by atoms with Gasteiger partial charge in [0.2, 0.25) is 6.41 Å². The Morgan fingerprint density at radius 3 is 2.07 bits per heavy atom. The summed E-state index contributed by atoms with van der Waals surface area (Å²) in [5.41, 5.74) is 0.471. The van der Waals surface area contributed by atoms with Crippen LogP contribution in [-0.4, -0.2) is 56.0 Å².